The van der Waals surface area contributed by atoms with Crippen LogP contribution in [0.1, 0.15) is 36.5 Å². The zero-order valence-corrected chi connectivity index (χ0v) is 14.5. The van der Waals surface area contributed by atoms with Crippen LogP contribution < -0.4 is 4.74 Å². The van der Waals surface area contributed by atoms with Crippen LogP contribution in [0.5, 0.6) is 5.75 Å². The first-order valence-corrected chi connectivity index (χ1v) is 8.11. The molecule has 2 aromatic carbocycles. The van der Waals surface area contributed by atoms with Crippen molar-refractivity contribution in [2.75, 3.05) is 0 Å². The highest BCUT2D eigenvalue weighted by Gasteiger charge is 2.08. The van der Waals surface area contributed by atoms with E-state index in [1.165, 1.54) is 17.2 Å². The third-order valence-corrected chi connectivity index (χ3v) is 4.13. The van der Waals surface area contributed by atoms with E-state index in [1.54, 1.807) is 12.1 Å². The van der Waals surface area contributed by atoms with Crippen LogP contribution in [-0.4, -0.2) is 0 Å². The van der Waals surface area contributed by atoms with Crippen LogP contribution in [0.4, 0.5) is 4.39 Å². The Balaban J connectivity index is 2.13. The van der Waals surface area contributed by atoms with Gasteiger partial charge in [0.2, 0.25) is 0 Å². The van der Waals surface area contributed by atoms with E-state index >= 15 is 0 Å². The van der Waals surface area contributed by atoms with Crippen molar-refractivity contribution < 1.29 is 9.13 Å². The summed E-state index contributed by atoms with van der Waals surface area (Å²) >= 11 is 3.13. The number of halogens is 2. The first-order chi connectivity index (χ1) is 10.5. The molecular formula is C19H20BrFO. The van der Waals surface area contributed by atoms with Gasteiger partial charge in [-0.2, -0.15) is 0 Å². The van der Waals surface area contributed by atoms with E-state index in [2.05, 4.69) is 54.6 Å². The maximum absolute atomic E-state index is 13.5. The highest BCUT2D eigenvalue weighted by molar-refractivity contribution is 9.10. The van der Waals surface area contributed by atoms with Gasteiger partial charge in [-0.3, -0.25) is 0 Å². The molecule has 0 bridgehead atoms. The second-order valence-corrected chi connectivity index (χ2v) is 6.40. The standard InChI is InChI=1S/C19H20BrFO/c1-4-5-15-10-14(6-8-17(15)13(2)3)12-22-16-7-9-18(20)19(21)11-16/h4,6-11,13H,1,5,12H2,2-3H3. The minimum Gasteiger partial charge on any atom is -0.489 e. The third-order valence-electron chi connectivity index (χ3n) is 3.49. The number of benzene rings is 2. The predicted octanol–water partition coefficient (Wildman–Crippen LogP) is 6.02. The van der Waals surface area contributed by atoms with E-state index in [0.29, 0.717) is 22.7 Å². The lowest BCUT2D eigenvalue weighted by Gasteiger charge is -2.14. The molecule has 0 unspecified atom stereocenters. The van der Waals surface area contributed by atoms with Crippen LogP contribution in [0.15, 0.2) is 53.5 Å². The van der Waals surface area contributed by atoms with Gasteiger partial charge < -0.3 is 4.74 Å². The smallest absolute Gasteiger partial charge is 0.141 e. The van der Waals surface area contributed by atoms with Crippen molar-refractivity contribution in [1.82, 2.24) is 0 Å². The van der Waals surface area contributed by atoms with Gasteiger partial charge in [0.15, 0.2) is 0 Å². The first-order valence-electron chi connectivity index (χ1n) is 7.31. The molecule has 0 saturated heterocycles. The van der Waals surface area contributed by atoms with Crippen LogP contribution in [-0.2, 0) is 13.0 Å². The van der Waals surface area contributed by atoms with Crippen molar-refractivity contribution in [1.29, 1.82) is 0 Å². The molecule has 2 rings (SSSR count). The SMILES string of the molecule is C=CCc1cc(COc2ccc(Br)c(F)c2)ccc1C(C)C. The second-order valence-electron chi connectivity index (χ2n) is 5.55. The second kappa shape index (κ2) is 7.59. The molecule has 2 aromatic rings. The van der Waals surface area contributed by atoms with Crippen LogP contribution in [0.3, 0.4) is 0 Å². The molecule has 0 amide bonds. The largest absolute Gasteiger partial charge is 0.489 e. The van der Waals surface area contributed by atoms with Gasteiger partial charge in [-0.15, -0.1) is 6.58 Å². The molecule has 0 aromatic heterocycles. The van der Waals surface area contributed by atoms with Crippen LogP contribution >= 0.6 is 15.9 Å². The predicted molar refractivity (Wildman–Crippen MR) is 92.9 cm³/mol. The average molecular weight is 363 g/mol. The lowest BCUT2D eigenvalue weighted by molar-refractivity contribution is 0.304. The first kappa shape index (κ1) is 16.8. The summed E-state index contributed by atoms with van der Waals surface area (Å²) in [6.07, 6.45) is 2.75. The van der Waals surface area contributed by atoms with Gasteiger partial charge in [0, 0.05) is 6.07 Å². The van der Waals surface area contributed by atoms with Gasteiger partial charge >= 0.3 is 0 Å². The third kappa shape index (κ3) is 4.20. The Labute approximate surface area is 140 Å². The van der Waals surface area contributed by atoms with E-state index in [1.807, 2.05) is 6.08 Å². The molecule has 0 heterocycles. The van der Waals surface area contributed by atoms with Gasteiger partial charge in [-0.05, 0) is 57.1 Å². The van der Waals surface area contributed by atoms with Crippen molar-refractivity contribution >= 4 is 15.9 Å². The Morgan fingerprint density at radius 1 is 1.23 bits per heavy atom. The molecule has 0 fully saturated rings. The van der Waals surface area contributed by atoms with Crippen LogP contribution in [0.25, 0.3) is 0 Å². The summed E-state index contributed by atoms with van der Waals surface area (Å²) in [7, 11) is 0. The summed E-state index contributed by atoms with van der Waals surface area (Å²) in [5.41, 5.74) is 3.68. The van der Waals surface area contributed by atoms with Crippen LogP contribution in [0, 0.1) is 5.82 Å². The van der Waals surface area contributed by atoms with E-state index in [-0.39, 0.29) is 5.82 Å². The molecule has 0 radical (unpaired) electrons. The highest BCUT2D eigenvalue weighted by Crippen LogP contribution is 2.24. The number of rotatable bonds is 6. The quantitative estimate of drug-likeness (QED) is 0.571. The van der Waals surface area contributed by atoms with E-state index in [9.17, 15) is 4.39 Å². The van der Waals surface area contributed by atoms with Gasteiger partial charge in [-0.25, -0.2) is 4.39 Å². The minimum atomic E-state index is -0.319. The Morgan fingerprint density at radius 2 is 2.00 bits per heavy atom. The number of hydrogen-bond acceptors (Lipinski definition) is 1. The maximum atomic E-state index is 13.5. The molecule has 0 aliphatic rings. The summed E-state index contributed by atoms with van der Waals surface area (Å²) < 4.78 is 19.6. The fraction of sp³-hybridized carbons (Fsp3) is 0.263. The molecule has 22 heavy (non-hydrogen) atoms. The van der Waals surface area contributed by atoms with Crippen molar-refractivity contribution in [2.24, 2.45) is 0 Å². The van der Waals surface area contributed by atoms with E-state index in [0.717, 1.165) is 12.0 Å². The molecule has 0 saturated carbocycles. The summed E-state index contributed by atoms with van der Waals surface area (Å²) in [4.78, 5) is 0. The van der Waals surface area contributed by atoms with Gasteiger partial charge in [0.25, 0.3) is 0 Å². The van der Waals surface area contributed by atoms with E-state index in [4.69, 9.17) is 4.74 Å². The Morgan fingerprint density at radius 3 is 2.64 bits per heavy atom. The van der Waals surface area contributed by atoms with Gasteiger partial charge in [0.1, 0.15) is 18.2 Å². The lowest BCUT2D eigenvalue weighted by Crippen LogP contribution is -2.01. The topological polar surface area (TPSA) is 9.23 Å². The molecule has 0 spiro atoms. The summed E-state index contributed by atoms with van der Waals surface area (Å²) in [5.74, 6) is 0.685. The Hall–Kier alpha value is -1.61. The van der Waals surface area contributed by atoms with Gasteiger partial charge in [0.05, 0.1) is 4.47 Å². The lowest BCUT2D eigenvalue weighted by atomic mass is 9.93. The fourth-order valence-corrected chi connectivity index (χ4v) is 2.62. The fourth-order valence-electron chi connectivity index (χ4n) is 2.38. The Kier molecular flexibility index (Phi) is 5.78. The average Bonchev–Trinajstić information content (AvgIpc) is 2.49. The monoisotopic (exact) mass is 362 g/mol. The molecular weight excluding hydrogens is 343 g/mol. The minimum absolute atomic E-state index is 0.319. The molecule has 116 valence electrons. The summed E-state index contributed by atoms with van der Waals surface area (Å²) in [6, 6.07) is 11.1. The van der Waals surface area contributed by atoms with Crippen molar-refractivity contribution in [3.05, 3.63) is 76.0 Å². The molecule has 1 nitrogen and oxygen atoms in total. The zero-order chi connectivity index (χ0) is 16.1. The molecule has 0 N–H and O–H groups in total. The molecule has 0 aliphatic carbocycles. The zero-order valence-electron chi connectivity index (χ0n) is 12.9. The van der Waals surface area contributed by atoms with Gasteiger partial charge in [-0.1, -0.05) is 38.1 Å². The summed E-state index contributed by atoms with van der Waals surface area (Å²) in [5, 5.41) is 0. The van der Waals surface area contributed by atoms with Crippen LogP contribution in [0.2, 0.25) is 0 Å². The number of hydrogen-bond donors (Lipinski definition) is 0. The van der Waals surface area contributed by atoms with E-state index < -0.39 is 0 Å². The normalized spacial score (nSPS) is 10.8. The van der Waals surface area contributed by atoms with Crippen molar-refractivity contribution in [2.45, 2.75) is 32.8 Å². The Bertz CT molecular complexity index is 664. The van der Waals surface area contributed by atoms with Crippen molar-refractivity contribution in [3.8, 4) is 5.75 Å². The summed E-state index contributed by atoms with van der Waals surface area (Å²) in [6.45, 7) is 8.61. The maximum Gasteiger partial charge on any atom is 0.141 e. The molecule has 0 atom stereocenters. The molecule has 3 heteroatoms. The highest BCUT2D eigenvalue weighted by atomic mass is 79.9. The number of ether oxygens (including phenoxy) is 1. The molecule has 0 aliphatic heterocycles. The van der Waals surface area contributed by atoms with Crippen molar-refractivity contribution in [3.63, 3.8) is 0 Å². The number of allylic oxidation sites excluding steroid dienone is 1.